The van der Waals surface area contributed by atoms with Gasteiger partial charge in [0.05, 0.1) is 18.4 Å². The zero-order chi connectivity index (χ0) is 15.5. The number of rotatable bonds is 5. The number of carbonyl (C=O) groups is 1. The Morgan fingerprint density at radius 3 is 2.55 bits per heavy atom. The molecule has 0 saturated heterocycles. The average Bonchev–Trinajstić information content (AvgIpc) is 2.34. The number of hydrogen-bond donors (Lipinski definition) is 1. The summed E-state index contributed by atoms with van der Waals surface area (Å²) in [6.45, 7) is 1.37. The molecule has 0 saturated carbocycles. The minimum Gasteiger partial charge on any atom is -0.481 e. The van der Waals surface area contributed by atoms with Crippen LogP contribution < -0.4 is 10.5 Å². The van der Waals surface area contributed by atoms with Crippen molar-refractivity contribution >= 4 is 11.7 Å². The minimum atomic E-state index is -4.94. The van der Waals surface area contributed by atoms with Gasteiger partial charge in [0.15, 0.2) is 5.92 Å². The molecule has 0 aromatic carbocycles. The number of aliphatic carboxylic acids is 1. The van der Waals surface area contributed by atoms with E-state index >= 15 is 0 Å². The Morgan fingerprint density at radius 2 is 2.15 bits per heavy atom. The first kappa shape index (κ1) is 16.0. The molecule has 0 aliphatic carbocycles. The number of halogens is 3. The molecule has 20 heavy (non-hydrogen) atoms. The quantitative estimate of drug-likeness (QED) is 0.875. The third-order valence-corrected chi connectivity index (χ3v) is 2.82. The lowest BCUT2D eigenvalue weighted by Gasteiger charge is -2.18. The van der Waals surface area contributed by atoms with E-state index in [9.17, 15) is 22.8 Å². The smallest absolute Gasteiger partial charge is 0.404 e. The van der Waals surface area contributed by atoms with E-state index in [2.05, 4.69) is 5.10 Å². The van der Waals surface area contributed by atoms with Crippen molar-refractivity contribution < 1.29 is 23.1 Å². The van der Waals surface area contributed by atoms with Crippen LogP contribution in [0.3, 0.4) is 0 Å². The Bertz CT molecular complexity index is 542. The molecule has 1 aromatic heterocycles. The third kappa shape index (κ3) is 3.72. The Kier molecular flexibility index (Phi) is 4.74. The van der Waals surface area contributed by atoms with Gasteiger partial charge >= 0.3 is 12.1 Å². The second-order valence-corrected chi connectivity index (χ2v) is 4.18. The summed E-state index contributed by atoms with van der Waals surface area (Å²) < 4.78 is 38.1. The van der Waals surface area contributed by atoms with Gasteiger partial charge in [-0.1, -0.05) is 0 Å². The van der Waals surface area contributed by atoms with Crippen molar-refractivity contribution in [3.63, 3.8) is 0 Å². The number of carboxylic acids is 1. The molecule has 1 atom stereocenters. The van der Waals surface area contributed by atoms with E-state index in [0.29, 0.717) is 16.9 Å². The van der Waals surface area contributed by atoms with Gasteiger partial charge < -0.3 is 10.0 Å². The highest BCUT2D eigenvalue weighted by Gasteiger charge is 2.45. The summed E-state index contributed by atoms with van der Waals surface area (Å²) in [6, 6.07) is 1.12. The van der Waals surface area contributed by atoms with Gasteiger partial charge in [-0.3, -0.25) is 9.59 Å². The molecule has 1 aromatic rings. The van der Waals surface area contributed by atoms with Crippen molar-refractivity contribution in [2.24, 2.45) is 5.92 Å². The Hall–Kier alpha value is -2.06. The lowest BCUT2D eigenvalue weighted by molar-refractivity contribution is -0.196. The summed E-state index contributed by atoms with van der Waals surface area (Å²) in [5, 5.41) is 12.2. The van der Waals surface area contributed by atoms with Crippen molar-refractivity contribution in [3.8, 4) is 0 Å². The SMILES string of the molecule is CCN(C)c1cnn(CC(C(=O)O)C(F)(F)F)c(=O)c1. The first-order valence-electron chi connectivity index (χ1n) is 5.74. The van der Waals surface area contributed by atoms with Crippen molar-refractivity contribution in [3.05, 3.63) is 22.6 Å². The minimum absolute atomic E-state index is 0.452. The summed E-state index contributed by atoms with van der Waals surface area (Å²) in [5.41, 5.74) is -0.328. The first-order valence-corrected chi connectivity index (χ1v) is 5.74. The molecule has 1 unspecified atom stereocenters. The van der Waals surface area contributed by atoms with Crippen LogP contribution in [0.4, 0.5) is 18.9 Å². The molecule has 0 spiro atoms. The number of hydrogen-bond acceptors (Lipinski definition) is 4. The molecule has 0 aliphatic heterocycles. The predicted octanol–water partition coefficient (Wildman–Crippen LogP) is 0.962. The lowest BCUT2D eigenvalue weighted by Crippen LogP contribution is -2.38. The van der Waals surface area contributed by atoms with E-state index in [1.165, 1.54) is 6.20 Å². The highest BCUT2D eigenvalue weighted by Crippen LogP contribution is 2.27. The van der Waals surface area contributed by atoms with Crippen LogP contribution in [0.1, 0.15) is 6.92 Å². The molecule has 1 heterocycles. The van der Waals surface area contributed by atoms with Gasteiger partial charge in [0.25, 0.3) is 5.56 Å². The molecule has 1 rings (SSSR count). The predicted molar refractivity (Wildman–Crippen MR) is 64.6 cm³/mol. The fourth-order valence-corrected chi connectivity index (χ4v) is 1.45. The zero-order valence-corrected chi connectivity index (χ0v) is 10.9. The molecule has 0 amide bonds. The molecule has 0 fully saturated rings. The van der Waals surface area contributed by atoms with Crippen molar-refractivity contribution in [1.82, 2.24) is 9.78 Å². The van der Waals surface area contributed by atoms with Crippen LogP contribution in [0.5, 0.6) is 0 Å². The first-order chi connectivity index (χ1) is 9.16. The van der Waals surface area contributed by atoms with Crippen LogP contribution in [0.25, 0.3) is 0 Å². The second-order valence-electron chi connectivity index (χ2n) is 4.18. The summed E-state index contributed by atoms with van der Waals surface area (Å²) in [7, 11) is 1.69. The Morgan fingerprint density at radius 1 is 1.55 bits per heavy atom. The van der Waals surface area contributed by atoms with Crippen molar-refractivity contribution in [2.75, 3.05) is 18.5 Å². The van der Waals surface area contributed by atoms with Gasteiger partial charge in [0.2, 0.25) is 0 Å². The summed E-state index contributed by atoms with van der Waals surface area (Å²) in [6.07, 6.45) is -3.72. The third-order valence-electron chi connectivity index (χ3n) is 2.82. The lowest BCUT2D eigenvalue weighted by atomic mass is 10.1. The standard InChI is InChI=1S/C11H14F3N3O3/c1-3-16(2)7-4-9(18)17(15-5-7)6-8(10(19)20)11(12,13)14/h4-5,8H,3,6H2,1-2H3,(H,19,20). The van der Waals surface area contributed by atoms with E-state index in [0.717, 1.165) is 6.07 Å². The van der Waals surface area contributed by atoms with Crippen molar-refractivity contribution in [2.45, 2.75) is 19.6 Å². The number of anilines is 1. The van der Waals surface area contributed by atoms with Crippen LogP contribution in [0, 0.1) is 5.92 Å². The van der Waals surface area contributed by atoms with Gasteiger partial charge in [0, 0.05) is 19.7 Å². The fraction of sp³-hybridized carbons (Fsp3) is 0.545. The van der Waals surface area contributed by atoms with Crippen LogP contribution in [-0.2, 0) is 11.3 Å². The molecule has 6 nitrogen and oxygen atoms in total. The average molecular weight is 293 g/mol. The van der Waals surface area contributed by atoms with Crippen LogP contribution in [0.2, 0.25) is 0 Å². The maximum atomic E-state index is 12.5. The Balaban J connectivity index is 3.04. The second kappa shape index (κ2) is 5.93. The number of alkyl halides is 3. The van der Waals surface area contributed by atoms with E-state index in [4.69, 9.17) is 5.11 Å². The maximum Gasteiger partial charge on any atom is 0.404 e. The molecule has 0 radical (unpaired) electrons. The number of nitrogens with zero attached hydrogens (tertiary/aromatic N) is 3. The number of carboxylic acid groups (broad SMARTS) is 1. The molecular formula is C11H14F3N3O3. The molecule has 0 aliphatic rings. The largest absolute Gasteiger partial charge is 0.481 e. The molecule has 9 heteroatoms. The maximum absolute atomic E-state index is 12.5. The van der Waals surface area contributed by atoms with Gasteiger partial charge in [0.1, 0.15) is 0 Å². The molecule has 1 N–H and O–H groups in total. The van der Waals surface area contributed by atoms with Gasteiger partial charge in [-0.15, -0.1) is 0 Å². The highest BCUT2D eigenvalue weighted by molar-refractivity contribution is 5.70. The van der Waals surface area contributed by atoms with Gasteiger partial charge in [-0.2, -0.15) is 18.3 Å². The molecule has 0 bridgehead atoms. The van der Waals surface area contributed by atoms with Crippen LogP contribution >= 0.6 is 0 Å². The summed E-state index contributed by atoms with van der Waals surface area (Å²) in [5.74, 6) is -4.71. The van der Waals surface area contributed by atoms with Crippen LogP contribution in [-0.4, -0.2) is 40.6 Å². The number of aromatic nitrogens is 2. The highest BCUT2D eigenvalue weighted by atomic mass is 19.4. The Labute approximate surface area is 112 Å². The van der Waals surface area contributed by atoms with E-state index in [1.54, 1.807) is 11.9 Å². The fourth-order valence-electron chi connectivity index (χ4n) is 1.45. The molecular weight excluding hydrogens is 279 g/mol. The topological polar surface area (TPSA) is 75.4 Å². The van der Waals surface area contributed by atoms with Gasteiger partial charge in [-0.25, -0.2) is 4.68 Å². The summed E-state index contributed by atoms with van der Waals surface area (Å²) in [4.78, 5) is 23.9. The zero-order valence-electron chi connectivity index (χ0n) is 10.9. The van der Waals surface area contributed by atoms with Gasteiger partial charge in [-0.05, 0) is 6.92 Å². The molecule has 112 valence electrons. The van der Waals surface area contributed by atoms with Crippen molar-refractivity contribution in [1.29, 1.82) is 0 Å². The van der Waals surface area contributed by atoms with E-state index in [-0.39, 0.29) is 0 Å². The van der Waals surface area contributed by atoms with E-state index < -0.39 is 30.2 Å². The monoisotopic (exact) mass is 293 g/mol. The normalized spacial score (nSPS) is 13.1. The van der Waals surface area contributed by atoms with Crippen LogP contribution in [0.15, 0.2) is 17.1 Å². The summed E-state index contributed by atoms with van der Waals surface area (Å²) >= 11 is 0. The van der Waals surface area contributed by atoms with E-state index in [1.807, 2.05) is 6.92 Å².